The molecule has 0 saturated carbocycles. The number of halogens is 1. The minimum atomic E-state index is -3.41. The van der Waals surface area contributed by atoms with E-state index in [9.17, 15) is 8.42 Å². The van der Waals surface area contributed by atoms with Crippen LogP contribution in [0.15, 0.2) is 62.4 Å². The number of aromatic nitrogens is 2. The zero-order valence-corrected chi connectivity index (χ0v) is 18.0. The van der Waals surface area contributed by atoms with Gasteiger partial charge in [-0.15, -0.1) is 0 Å². The topological polar surface area (TPSA) is 73.1 Å². The van der Waals surface area contributed by atoms with Crippen molar-refractivity contribution < 1.29 is 12.9 Å². The van der Waals surface area contributed by atoms with Crippen molar-refractivity contribution >= 4 is 25.8 Å². The third-order valence-corrected chi connectivity index (χ3v) is 6.69. The Morgan fingerprint density at radius 1 is 1.07 bits per heavy atom. The molecule has 3 aromatic rings. The molecule has 7 heteroatoms. The van der Waals surface area contributed by atoms with E-state index in [1.165, 1.54) is 6.26 Å². The van der Waals surface area contributed by atoms with Gasteiger partial charge in [0.1, 0.15) is 0 Å². The summed E-state index contributed by atoms with van der Waals surface area (Å²) in [4.78, 5) is 4.77. The maximum atomic E-state index is 12.1. The fraction of sp³-hybridized carbons (Fsp3) is 0.300. The van der Waals surface area contributed by atoms with Crippen LogP contribution in [0.3, 0.4) is 0 Å². The van der Waals surface area contributed by atoms with Gasteiger partial charge in [-0.3, -0.25) is 0 Å². The second kappa shape index (κ2) is 7.20. The third kappa shape index (κ3) is 3.71. The van der Waals surface area contributed by atoms with Crippen LogP contribution in [0.1, 0.15) is 32.2 Å². The number of sulfone groups is 1. The zero-order chi connectivity index (χ0) is 19.8. The van der Waals surface area contributed by atoms with Gasteiger partial charge >= 0.3 is 0 Å². The first-order valence-electron chi connectivity index (χ1n) is 8.53. The summed E-state index contributed by atoms with van der Waals surface area (Å²) in [5.74, 6) is 0.919. The van der Waals surface area contributed by atoms with Gasteiger partial charge in [0, 0.05) is 10.7 Å². The molecule has 0 spiro atoms. The molecule has 0 N–H and O–H groups in total. The third-order valence-electron chi connectivity index (χ3n) is 5.01. The summed E-state index contributed by atoms with van der Waals surface area (Å²) in [5, 5.41) is 4.22. The first-order chi connectivity index (χ1) is 12.6. The van der Waals surface area contributed by atoms with Crippen LogP contribution < -0.4 is 0 Å². The summed E-state index contributed by atoms with van der Waals surface area (Å²) in [7, 11) is -3.41. The smallest absolute Gasteiger partial charge is 0.259 e. The van der Waals surface area contributed by atoms with Gasteiger partial charge in [-0.05, 0) is 42.7 Å². The highest BCUT2D eigenvalue weighted by Gasteiger charge is 2.37. The lowest BCUT2D eigenvalue weighted by Gasteiger charge is -2.31. The summed E-state index contributed by atoms with van der Waals surface area (Å²) < 4.78 is 30.7. The van der Waals surface area contributed by atoms with Gasteiger partial charge in [-0.25, -0.2) is 8.42 Å². The summed E-state index contributed by atoms with van der Waals surface area (Å²) in [6.07, 6.45) is 1.17. The van der Waals surface area contributed by atoms with E-state index in [1.54, 1.807) is 24.3 Å². The molecule has 0 fully saturated rings. The largest absolute Gasteiger partial charge is 0.334 e. The molecule has 0 amide bonds. The van der Waals surface area contributed by atoms with Gasteiger partial charge < -0.3 is 4.52 Å². The molecule has 3 rings (SSSR count). The molecule has 0 bridgehead atoms. The molecule has 0 aliphatic rings. The Kier molecular flexibility index (Phi) is 5.27. The molecule has 1 heterocycles. The first kappa shape index (κ1) is 19.8. The molecule has 1 atom stereocenters. The van der Waals surface area contributed by atoms with Crippen LogP contribution in [0.5, 0.6) is 0 Å². The summed E-state index contributed by atoms with van der Waals surface area (Å²) in [6.45, 7) is 6.27. The molecule has 142 valence electrons. The number of nitrogens with zero attached hydrogens (tertiary/aromatic N) is 2. The second-order valence-corrected chi connectivity index (χ2v) is 9.96. The van der Waals surface area contributed by atoms with Crippen LogP contribution in [0.4, 0.5) is 0 Å². The number of hydrogen-bond donors (Lipinski definition) is 0. The van der Waals surface area contributed by atoms with Crippen LogP contribution in [0, 0.1) is 5.92 Å². The predicted octanol–water partition coefficient (Wildman–Crippen LogP) is 4.86. The molecular formula is C20H21BrN2O3S. The molecule has 5 nitrogen and oxygen atoms in total. The van der Waals surface area contributed by atoms with Crippen molar-refractivity contribution in [3.63, 3.8) is 0 Å². The number of benzene rings is 2. The van der Waals surface area contributed by atoms with Crippen molar-refractivity contribution in [3.05, 3.63) is 64.4 Å². The van der Waals surface area contributed by atoms with Gasteiger partial charge in [0.2, 0.25) is 0 Å². The Labute approximate surface area is 167 Å². The van der Waals surface area contributed by atoms with Gasteiger partial charge in [0.15, 0.2) is 15.7 Å². The molecule has 27 heavy (non-hydrogen) atoms. The number of rotatable bonds is 5. The molecule has 0 aliphatic carbocycles. The quantitative estimate of drug-likeness (QED) is 0.556. The van der Waals surface area contributed by atoms with Crippen LogP contribution >= 0.6 is 15.9 Å². The first-order valence-corrected chi connectivity index (χ1v) is 11.2. The predicted molar refractivity (Wildman–Crippen MR) is 108 cm³/mol. The van der Waals surface area contributed by atoms with Crippen molar-refractivity contribution in [2.75, 3.05) is 6.26 Å². The highest BCUT2D eigenvalue weighted by molar-refractivity contribution is 9.10. The summed E-state index contributed by atoms with van der Waals surface area (Å²) in [5.41, 5.74) is 0.993. The second-order valence-electron chi connectivity index (χ2n) is 7.06. The fourth-order valence-electron chi connectivity index (χ4n) is 3.03. The summed E-state index contributed by atoms with van der Waals surface area (Å²) in [6, 6.07) is 14.7. The Morgan fingerprint density at radius 3 is 2.30 bits per heavy atom. The molecule has 0 saturated heterocycles. The van der Waals surface area contributed by atoms with Crippen LogP contribution in [0.25, 0.3) is 11.5 Å². The van der Waals surface area contributed by atoms with Crippen molar-refractivity contribution in [1.82, 2.24) is 10.1 Å². The molecular weight excluding hydrogens is 428 g/mol. The molecule has 0 aliphatic heterocycles. The highest BCUT2D eigenvalue weighted by atomic mass is 79.9. The average Bonchev–Trinajstić information content (AvgIpc) is 3.11. The Bertz CT molecular complexity index is 1060. The molecule has 0 radical (unpaired) electrons. The van der Waals surface area contributed by atoms with Gasteiger partial charge in [0.05, 0.1) is 15.9 Å². The van der Waals surface area contributed by atoms with E-state index in [0.29, 0.717) is 11.4 Å². The Morgan fingerprint density at radius 2 is 1.70 bits per heavy atom. The van der Waals surface area contributed by atoms with E-state index in [2.05, 4.69) is 46.8 Å². The van der Waals surface area contributed by atoms with Gasteiger partial charge in [-0.2, -0.15) is 4.98 Å². The SMILES string of the molecule is CC(C)C(C)(c1ccc(Br)cc1)c1noc(-c2ccccc2S(C)(=O)=O)n1. The van der Waals surface area contributed by atoms with E-state index in [-0.39, 0.29) is 16.7 Å². The lowest BCUT2D eigenvalue weighted by atomic mass is 9.73. The summed E-state index contributed by atoms with van der Waals surface area (Å²) >= 11 is 3.46. The fourth-order valence-corrected chi connectivity index (χ4v) is 4.17. The highest BCUT2D eigenvalue weighted by Crippen LogP contribution is 2.39. The van der Waals surface area contributed by atoms with Gasteiger partial charge in [0.25, 0.3) is 5.89 Å². The lowest BCUT2D eigenvalue weighted by molar-refractivity contribution is 0.350. The maximum absolute atomic E-state index is 12.1. The van der Waals surface area contributed by atoms with Crippen molar-refractivity contribution in [2.24, 2.45) is 5.92 Å². The molecule has 1 unspecified atom stereocenters. The maximum Gasteiger partial charge on any atom is 0.259 e. The molecule has 2 aromatic carbocycles. The Hall–Kier alpha value is -1.99. The van der Waals surface area contributed by atoms with E-state index in [1.807, 2.05) is 24.3 Å². The van der Waals surface area contributed by atoms with Crippen LogP contribution in [-0.2, 0) is 15.3 Å². The standard InChI is InChI=1S/C20H21BrN2O3S/c1-13(2)20(3,14-9-11-15(21)12-10-14)19-22-18(26-23-19)16-7-5-6-8-17(16)27(4,24)25/h5-13H,1-4H3. The van der Waals surface area contributed by atoms with Crippen LogP contribution in [-0.4, -0.2) is 24.8 Å². The monoisotopic (exact) mass is 448 g/mol. The lowest BCUT2D eigenvalue weighted by Crippen LogP contribution is -2.31. The molecule has 1 aromatic heterocycles. The normalized spacial score (nSPS) is 14.3. The van der Waals surface area contributed by atoms with Gasteiger partial charge in [-0.1, -0.05) is 59.2 Å². The minimum absolute atomic E-state index is 0.176. The average molecular weight is 449 g/mol. The van der Waals surface area contributed by atoms with E-state index >= 15 is 0 Å². The van der Waals surface area contributed by atoms with E-state index < -0.39 is 15.3 Å². The van der Waals surface area contributed by atoms with Crippen molar-refractivity contribution in [2.45, 2.75) is 31.1 Å². The zero-order valence-electron chi connectivity index (χ0n) is 15.6. The number of hydrogen-bond acceptors (Lipinski definition) is 5. The van der Waals surface area contributed by atoms with Crippen molar-refractivity contribution in [3.8, 4) is 11.5 Å². The van der Waals surface area contributed by atoms with E-state index in [4.69, 9.17) is 4.52 Å². The van der Waals surface area contributed by atoms with Crippen molar-refractivity contribution in [1.29, 1.82) is 0 Å². The van der Waals surface area contributed by atoms with Crippen LogP contribution in [0.2, 0.25) is 0 Å². The minimum Gasteiger partial charge on any atom is -0.334 e. The van der Waals surface area contributed by atoms with E-state index in [0.717, 1.165) is 10.0 Å². The Balaban J connectivity index is 2.13.